The lowest BCUT2D eigenvalue weighted by Crippen LogP contribution is -2.38. The lowest BCUT2D eigenvalue weighted by Gasteiger charge is -2.36. The fourth-order valence-electron chi connectivity index (χ4n) is 4.28. The van der Waals surface area contributed by atoms with Crippen molar-refractivity contribution in [3.63, 3.8) is 0 Å². The van der Waals surface area contributed by atoms with Crippen molar-refractivity contribution in [1.29, 1.82) is 0 Å². The standard InChI is InChI=1S/C29H33N3O3S/c1-6-31(5)25(33)16-24-18-36-29-30-20(4)26(28(34)35-17-21-10-8-7-9-11-21)27(32(24)29)23-14-12-22(13-15-23)19(2)3/h7-15,18-19,27H,6,16-17H2,1-5H3. The molecule has 0 aliphatic carbocycles. The summed E-state index contributed by atoms with van der Waals surface area (Å²) in [6.45, 7) is 8.94. The molecule has 2 aromatic carbocycles. The first-order valence-electron chi connectivity index (χ1n) is 12.3. The fraction of sp³-hybridized carbons (Fsp3) is 0.345. The van der Waals surface area contributed by atoms with E-state index in [2.05, 4.69) is 38.1 Å². The van der Waals surface area contributed by atoms with Gasteiger partial charge < -0.3 is 14.5 Å². The minimum atomic E-state index is -0.428. The van der Waals surface area contributed by atoms with Crippen LogP contribution < -0.4 is 0 Å². The van der Waals surface area contributed by atoms with E-state index >= 15 is 0 Å². The molecule has 1 amide bonds. The van der Waals surface area contributed by atoms with Crippen molar-refractivity contribution in [2.75, 3.05) is 13.6 Å². The van der Waals surface area contributed by atoms with Crippen LogP contribution in [0, 0.1) is 0 Å². The maximum atomic E-state index is 13.5. The topological polar surface area (TPSA) is 62.2 Å². The van der Waals surface area contributed by atoms with Gasteiger partial charge in [-0.3, -0.25) is 4.79 Å². The Balaban J connectivity index is 1.70. The fourth-order valence-corrected chi connectivity index (χ4v) is 5.24. The van der Waals surface area contributed by atoms with Crippen molar-refractivity contribution >= 4 is 28.8 Å². The molecule has 2 aliphatic rings. The first-order chi connectivity index (χ1) is 17.3. The summed E-state index contributed by atoms with van der Waals surface area (Å²) in [5.41, 5.74) is 5.08. The van der Waals surface area contributed by atoms with Gasteiger partial charge in [0.05, 0.1) is 23.7 Å². The Morgan fingerprint density at radius 3 is 2.44 bits per heavy atom. The van der Waals surface area contributed by atoms with Crippen LogP contribution in [-0.2, 0) is 20.9 Å². The Morgan fingerprint density at radius 1 is 1.11 bits per heavy atom. The number of nitrogens with zero attached hydrogens (tertiary/aromatic N) is 3. The third-order valence-corrected chi connectivity index (χ3v) is 7.47. The van der Waals surface area contributed by atoms with Gasteiger partial charge in [-0.2, -0.15) is 0 Å². The number of hydrogen-bond donors (Lipinski definition) is 0. The quantitative estimate of drug-likeness (QED) is 0.414. The monoisotopic (exact) mass is 503 g/mol. The first kappa shape index (κ1) is 25.8. The van der Waals surface area contributed by atoms with Gasteiger partial charge in [0.25, 0.3) is 0 Å². The molecular formula is C29H33N3O3S. The van der Waals surface area contributed by atoms with Crippen LogP contribution in [0.3, 0.4) is 0 Å². The molecule has 0 saturated heterocycles. The summed E-state index contributed by atoms with van der Waals surface area (Å²) < 4.78 is 5.78. The number of carbonyl (C=O) groups is 2. The average molecular weight is 504 g/mol. The summed E-state index contributed by atoms with van der Waals surface area (Å²) >= 11 is 1.49. The molecule has 2 aliphatic heterocycles. The number of esters is 1. The largest absolute Gasteiger partial charge is 0.457 e. The van der Waals surface area contributed by atoms with Gasteiger partial charge >= 0.3 is 5.97 Å². The number of allylic oxidation sites excluding steroid dienone is 1. The number of hydrogen-bond acceptors (Lipinski definition) is 6. The molecule has 6 nitrogen and oxygen atoms in total. The molecule has 0 aromatic heterocycles. The van der Waals surface area contributed by atoms with Crippen LogP contribution in [0.25, 0.3) is 0 Å². The molecule has 36 heavy (non-hydrogen) atoms. The predicted molar refractivity (Wildman–Crippen MR) is 145 cm³/mol. The van der Waals surface area contributed by atoms with E-state index in [1.165, 1.54) is 17.3 Å². The highest BCUT2D eigenvalue weighted by atomic mass is 32.2. The zero-order valence-electron chi connectivity index (χ0n) is 21.5. The summed E-state index contributed by atoms with van der Waals surface area (Å²) in [6.07, 6.45) is 0.238. The minimum Gasteiger partial charge on any atom is -0.457 e. The van der Waals surface area contributed by atoms with E-state index in [1.54, 1.807) is 11.9 Å². The van der Waals surface area contributed by atoms with E-state index in [0.717, 1.165) is 22.0 Å². The van der Waals surface area contributed by atoms with E-state index < -0.39 is 12.0 Å². The molecule has 0 fully saturated rings. The number of aliphatic imine (C=N–C) groups is 1. The van der Waals surface area contributed by atoms with Gasteiger partial charge in [0, 0.05) is 19.3 Å². The van der Waals surface area contributed by atoms with Crippen molar-refractivity contribution in [3.05, 3.63) is 93.7 Å². The van der Waals surface area contributed by atoms with Gasteiger partial charge in [0.15, 0.2) is 5.17 Å². The lowest BCUT2D eigenvalue weighted by molar-refractivity contribution is -0.141. The Labute approximate surface area is 217 Å². The molecule has 7 heteroatoms. The number of amides is 1. The predicted octanol–water partition coefficient (Wildman–Crippen LogP) is 6.00. The number of ether oxygens (including phenoxy) is 1. The number of rotatable bonds is 8. The van der Waals surface area contributed by atoms with E-state index in [4.69, 9.17) is 9.73 Å². The third-order valence-electron chi connectivity index (χ3n) is 6.58. The van der Waals surface area contributed by atoms with Gasteiger partial charge in [0.2, 0.25) is 5.91 Å². The Morgan fingerprint density at radius 2 is 1.81 bits per heavy atom. The second-order valence-electron chi connectivity index (χ2n) is 9.36. The highest BCUT2D eigenvalue weighted by molar-refractivity contribution is 8.16. The molecule has 0 spiro atoms. The first-order valence-corrected chi connectivity index (χ1v) is 13.2. The number of fused-ring (bicyclic) bond motifs is 1. The van der Waals surface area contributed by atoms with Crippen LogP contribution >= 0.6 is 11.8 Å². The Bertz CT molecular complexity index is 1220. The SMILES string of the molecule is CCN(C)C(=O)CC1=CSC2=NC(C)=C(C(=O)OCc3ccccc3)C(c3ccc(C(C)C)cc3)N12. The number of benzene rings is 2. The zero-order chi connectivity index (χ0) is 25.8. The number of amidine groups is 1. The highest BCUT2D eigenvalue weighted by Crippen LogP contribution is 2.45. The molecule has 0 N–H and O–H groups in total. The zero-order valence-corrected chi connectivity index (χ0v) is 22.3. The van der Waals surface area contributed by atoms with Crippen molar-refractivity contribution in [2.24, 2.45) is 4.99 Å². The van der Waals surface area contributed by atoms with E-state index in [1.807, 2.05) is 54.5 Å². The van der Waals surface area contributed by atoms with Crippen LogP contribution in [0.4, 0.5) is 0 Å². The van der Waals surface area contributed by atoms with Crippen molar-refractivity contribution in [2.45, 2.75) is 52.7 Å². The molecule has 0 saturated carbocycles. The Kier molecular flexibility index (Phi) is 7.99. The van der Waals surface area contributed by atoms with Gasteiger partial charge in [-0.05, 0) is 41.9 Å². The van der Waals surface area contributed by atoms with E-state index in [0.29, 0.717) is 23.7 Å². The van der Waals surface area contributed by atoms with Crippen molar-refractivity contribution in [3.8, 4) is 0 Å². The van der Waals surface area contributed by atoms with Crippen molar-refractivity contribution in [1.82, 2.24) is 9.80 Å². The van der Waals surface area contributed by atoms with Crippen LogP contribution in [0.15, 0.2) is 82.0 Å². The molecule has 0 bridgehead atoms. The molecule has 4 rings (SSSR count). The van der Waals surface area contributed by atoms with Gasteiger partial charge in [-0.15, -0.1) is 0 Å². The summed E-state index contributed by atoms with van der Waals surface area (Å²) in [5, 5.41) is 2.74. The van der Waals surface area contributed by atoms with Gasteiger partial charge in [0.1, 0.15) is 6.61 Å². The van der Waals surface area contributed by atoms with Gasteiger partial charge in [-0.25, -0.2) is 9.79 Å². The van der Waals surface area contributed by atoms with Gasteiger partial charge in [-0.1, -0.05) is 80.2 Å². The molecule has 2 heterocycles. The highest BCUT2D eigenvalue weighted by Gasteiger charge is 2.41. The van der Waals surface area contributed by atoms with Crippen LogP contribution in [0.2, 0.25) is 0 Å². The molecular weight excluding hydrogens is 470 g/mol. The molecule has 2 aromatic rings. The number of thioether (sulfide) groups is 1. The summed E-state index contributed by atoms with van der Waals surface area (Å²) in [7, 11) is 1.80. The molecule has 0 radical (unpaired) electrons. The summed E-state index contributed by atoms with van der Waals surface area (Å²) in [5.74, 6) is 0.0273. The maximum absolute atomic E-state index is 13.5. The maximum Gasteiger partial charge on any atom is 0.338 e. The normalized spacial score (nSPS) is 17.1. The second kappa shape index (κ2) is 11.2. The lowest BCUT2D eigenvalue weighted by atomic mass is 9.92. The smallest absolute Gasteiger partial charge is 0.338 e. The van der Waals surface area contributed by atoms with Crippen molar-refractivity contribution < 1.29 is 14.3 Å². The van der Waals surface area contributed by atoms with Crippen LogP contribution in [-0.4, -0.2) is 40.4 Å². The number of carbonyl (C=O) groups excluding carboxylic acids is 2. The molecule has 1 unspecified atom stereocenters. The molecule has 188 valence electrons. The van der Waals surface area contributed by atoms with Crippen LogP contribution in [0.1, 0.15) is 62.8 Å². The summed E-state index contributed by atoms with van der Waals surface area (Å²) in [6, 6.07) is 17.6. The Hall–Kier alpha value is -3.32. The average Bonchev–Trinajstić information content (AvgIpc) is 3.28. The molecule has 1 atom stereocenters. The van der Waals surface area contributed by atoms with E-state index in [-0.39, 0.29) is 18.9 Å². The minimum absolute atomic E-state index is 0.0268. The third kappa shape index (κ3) is 5.41. The van der Waals surface area contributed by atoms with Crippen LogP contribution in [0.5, 0.6) is 0 Å². The van der Waals surface area contributed by atoms with E-state index in [9.17, 15) is 9.59 Å². The second-order valence-corrected chi connectivity index (χ2v) is 10.2. The summed E-state index contributed by atoms with van der Waals surface area (Å²) in [4.78, 5) is 34.8.